The van der Waals surface area contributed by atoms with Gasteiger partial charge in [-0.05, 0) is 184 Å². The normalized spacial score (nSPS) is 14.9. The summed E-state index contributed by atoms with van der Waals surface area (Å²) in [6.45, 7) is 26.3. The lowest BCUT2D eigenvalue weighted by Crippen LogP contribution is -2.41. The van der Waals surface area contributed by atoms with E-state index in [0.29, 0.717) is 107 Å². The lowest BCUT2D eigenvalue weighted by molar-refractivity contribution is 0.00578. The highest BCUT2D eigenvalue weighted by molar-refractivity contribution is 9.10. The third-order valence-electron chi connectivity index (χ3n) is 21.2. The van der Waals surface area contributed by atoms with Crippen molar-refractivity contribution in [3.8, 4) is 39.5 Å². The molecule has 6 aromatic carbocycles. The molecule has 1 atom stereocenters. The zero-order valence-electron chi connectivity index (χ0n) is 66.6. The van der Waals surface area contributed by atoms with Gasteiger partial charge in [-0.2, -0.15) is 0 Å². The van der Waals surface area contributed by atoms with Crippen LogP contribution in [-0.4, -0.2) is 125 Å². The van der Waals surface area contributed by atoms with Crippen molar-refractivity contribution in [2.75, 3.05) is 54.5 Å². The Labute approximate surface area is 676 Å². The molecule has 10 heterocycles. The van der Waals surface area contributed by atoms with Crippen LogP contribution in [0.5, 0.6) is 17.2 Å². The van der Waals surface area contributed by atoms with Gasteiger partial charge >= 0.3 is 7.12 Å². The summed E-state index contributed by atoms with van der Waals surface area (Å²) in [6.07, 6.45) is 16.5. The molecule has 24 nitrogen and oxygen atoms in total. The maximum absolute atomic E-state index is 14.6. The van der Waals surface area contributed by atoms with Crippen molar-refractivity contribution in [1.82, 2.24) is 43.1 Å². The lowest BCUT2D eigenvalue weighted by Gasteiger charge is -2.32. The van der Waals surface area contributed by atoms with Crippen molar-refractivity contribution in [1.29, 1.82) is 0 Å². The fourth-order valence-corrected chi connectivity index (χ4v) is 16.5. The molecular formula is C83H92BBrF3N13O11S3. The van der Waals surface area contributed by atoms with Crippen molar-refractivity contribution >= 4 is 92.8 Å². The number of hydrogen-bond acceptors (Lipinski definition) is 21. The Hall–Kier alpha value is -9.96. The number of nitrogens with zero attached hydrogens (tertiary/aromatic N) is 9. The van der Waals surface area contributed by atoms with Crippen molar-refractivity contribution in [3.05, 3.63) is 217 Å². The summed E-state index contributed by atoms with van der Waals surface area (Å²) in [5, 5.41) is 9.78. The van der Waals surface area contributed by atoms with E-state index in [9.17, 15) is 38.4 Å². The minimum absolute atomic E-state index is 0.191. The summed E-state index contributed by atoms with van der Waals surface area (Å²) < 4.78 is 150. The highest BCUT2D eigenvalue weighted by Crippen LogP contribution is 2.40. The number of ether oxygens (including phenoxy) is 3. The molecule has 4 aliphatic rings. The molecule has 1 unspecified atom stereocenters. The highest BCUT2D eigenvalue weighted by Gasteiger charge is 2.52. The minimum Gasteiger partial charge on any atom is -0.493 e. The van der Waals surface area contributed by atoms with Crippen LogP contribution in [0.15, 0.2) is 147 Å². The maximum Gasteiger partial charge on any atom is 0.495 e. The first-order valence-electron chi connectivity index (χ1n) is 37.6. The van der Waals surface area contributed by atoms with Crippen LogP contribution in [0, 0.1) is 38.2 Å². The van der Waals surface area contributed by atoms with Gasteiger partial charge in [0.2, 0.25) is 17.8 Å². The first-order chi connectivity index (χ1) is 54.2. The molecule has 0 radical (unpaired) electrons. The number of benzene rings is 6. The molecule has 0 bridgehead atoms. The summed E-state index contributed by atoms with van der Waals surface area (Å²) in [7, 11) is -10.3. The van der Waals surface area contributed by atoms with Crippen molar-refractivity contribution < 1.29 is 61.9 Å². The van der Waals surface area contributed by atoms with E-state index in [4.69, 9.17) is 39.2 Å². The second kappa shape index (κ2) is 32.6. The number of aromatic nitrogens is 9. The van der Waals surface area contributed by atoms with Gasteiger partial charge in [-0.1, -0.05) is 51.5 Å². The molecule has 5 N–H and O–H groups in total. The molecule has 4 aliphatic heterocycles. The number of imidazole rings is 3. The van der Waals surface area contributed by atoms with Crippen molar-refractivity contribution in [2.45, 2.75) is 166 Å². The van der Waals surface area contributed by atoms with Gasteiger partial charge < -0.3 is 45.2 Å². The van der Waals surface area contributed by atoms with Crippen LogP contribution in [0.2, 0.25) is 0 Å². The minimum atomic E-state index is -3.32. The molecule has 1 saturated heterocycles. The molecular weight excluding hydrogens is 1600 g/mol. The number of nitrogens with one attached hydrogen (secondary N) is 3. The van der Waals surface area contributed by atoms with Crippen LogP contribution in [0.25, 0.3) is 39.2 Å². The van der Waals surface area contributed by atoms with Crippen molar-refractivity contribution in [3.63, 3.8) is 0 Å². The molecule has 12 aromatic rings. The summed E-state index contributed by atoms with van der Waals surface area (Å²) >= 11 is 3.49. The second-order valence-electron chi connectivity index (χ2n) is 30.8. The van der Waals surface area contributed by atoms with Gasteiger partial charge in [0, 0.05) is 145 Å². The first-order valence-corrected chi connectivity index (χ1v) is 44.1. The number of aryl methyl sites for hydroxylation is 3. The molecule has 0 aliphatic carbocycles. The van der Waals surface area contributed by atoms with Gasteiger partial charge in [0.25, 0.3) is 0 Å². The zero-order chi connectivity index (χ0) is 82.7. The SMILES string of the molecule is CC(C)c1cn2c(NCc3c(F)ccc4c3CCO4)ncc(Br)c2n1.Cc1cc(S(C)(=O)=O)ccc1-c1cnc(NCc2c(F)ccc3c2CCO3)n2cc(C(C)C)nc12.Cc1cc(S(C)(=O)=O)ccc1-c1cnc(NCc2c(F)ccc3c2CCO3)n2cc(C(C)N)nc12.Cc1cc(S(C)(=O)=O)ccc1B1OC(C)(C)C(C)(C)O1. The Morgan fingerprint density at radius 2 is 0.817 bits per heavy atom. The van der Waals surface area contributed by atoms with Crippen LogP contribution in [-0.2, 0) is 77.7 Å². The summed E-state index contributed by atoms with van der Waals surface area (Å²) in [5.41, 5.74) is 21.0. The third kappa shape index (κ3) is 17.5. The Kier molecular flexibility index (Phi) is 23.5. The molecule has 1 fully saturated rings. The van der Waals surface area contributed by atoms with Gasteiger partial charge in [0.05, 0.1) is 67.3 Å². The van der Waals surface area contributed by atoms with E-state index in [1.807, 2.05) is 82.8 Å². The average molecular weight is 1690 g/mol. The molecule has 115 heavy (non-hydrogen) atoms. The summed E-state index contributed by atoms with van der Waals surface area (Å²) in [6, 6.07) is 24.1. The van der Waals surface area contributed by atoms with E-state index in [1.54, 1.807) is 95.8 Å². The number of fused-ring (bicyclic) bond motifs is 6. The molecule has 0 amide bonds. The Morgan fingerprint density at radius 3 is 1.17 bits per heavy atom. The highest BCUT2D eigenvalue weighted by atomic mass is 79.9. The van der Waals surface area contributed by atoms with Crippen LogP contribution in [0.1, 0.15) is 147 Å². The van der Waals surface area contributed by atoms with Gasteiger partial charge in [-0.25, -0.2) is 68.3 Å². The number of sulfone groups is 3. The van der Waals surface area contributed by atoms with E-state index in [1.165, 1.54) is 37.0 Å². The van der Waals surface area contributed by atoms with Crippen molar-refractivity contribution in [2.24, 2.45) is 5.73 Å². The fourth-order valence-electron chi connectivity index (χ4n) is 14.0. The average Bonchev–Trinajstić information content (AvgIpc) is 1.73. The largest absolute Gasteiger partial charge is 0.495 e. The molecule has 0 saturated carbocycles. The predicted octanol–water partition coefficient (Wildman–Crippen LogP) is 14.7. The number of rotatable bonds is 18. The van der Waals surface area contributed by atoms with Crippen LogP contribution < -0.4 is 41.4 Å². The van der Waals surface area contributed by atoms with Gasteiger partial charge in [0.15, 0.2) is 35.2 Å². The molecule has 16 rings (SSSR count). The van der Waals surface area contributed by atoms with E-state index < -0.39 is 47.8 Å². The van der Waals surface area contributed by atoms with Gasteiger partial charge in [-0.15, -0.1) is 0 Å². The molecule has 604 valence electrons. The number of halogens is 4. The van der Waals surface area contributed by atoms with Gasteiger partial charge in [0.1, 0.15) is 46.0 Å². The maximum atomic E-state index is 14.6. The molecule has 0 spiro atoms. The standard InChI is InChI=1S/C26H27FN4O3S.C25H26FN5O3S.C18H18BrFN4O.C14H21BO4S/c1-15(2)23-14-31-25(30-23)21(18-6-5-17(11-16(18)3)35(4,32)33)13-29-26(31)28-12-20-19-9-10-34-24(19)8-7-22(20)27;1-14-10-16(35(3,32)33)4-5-17(14)20-12-29-25(31-13-22(15(2)27)30-24(20)31)28-11-19-18-8-9-34-23(18)7-6-21(19)26;1-10(2)15-9-24-17(23-15)13(19)8-22-18(24)21-7-12-11-5-6-25-16(11)4-3-14(12)20;1-10-9-11(20(6,16)17)7-8-12(10)15-18-13(2,3)14(4,5)19-15/h5-8,11,13-15H,9-10,12H2,1-4H3,(H,28,29);4-7,10,12-13,15H,8-9,11,27H2,1-3H3,(H,28,29);3-4,8-10H,5-7H2,1-2H3,(H,21,22);7-9H,1-6H3. The third-order valence-corrected chi connectivity index (χ3v) is 25.1. The topological polar surface area (TPSA) is 301 Å². The lowest BCUT2D eigenvalue weighted by atomic mass is 9.76. The smallest absolute Gasteiger partial charge is 0.493 e. The summed E-state index contributed by atoms with van der Waals surface area (Å²) in [4.78, 5) is 28.8. The quantitative estimate of drug-likeness (QED) is 0.0580. The predicted molar refractivity (Wildman–Crippen MR) is 443 cm³/mol. The Morgan fingerprint density at radius 1 is 0.478 bits per heavy atom. The van der Waals surface area contributed by atoms with Crippen LogP contribution in [0.4, 0.5) is 31.0 Å². The number of anilines is 3. The van der Waals surface area contributed by atoms with E-state index in [0.717, 1.165) is 101 Å². The second-order valence-corrected chi connectivity index (χ2v) is 37.7. The van der Waals surface area contributed by atoms with Crippen LogP contribution >= 0.6 is 15.9 Å². The summed E-state index contributed by atoms with van der Waals surface area (Å²) in [5.74, 6) is 3.60. The Bertz CT molecular complexity index is 5910. The van der Waals surface area contributed by atoms with Crippen LogP contribution in [0.3, 0.4) is 0 Å². The molecule has 32 heteroatoms. The van der Waals surface area contributed by atoms with Gasteiger partial charge in [-0.3, -0.25) is 13.2 Å². The van der Waals surface area contributed by atoms with E-state index in [-0.39, 0.29) is 52.3 Å². The molecule has 6 aromatic heterocycles. The Balaban J connectivity index is 0.000000137. The van der Waals surface area contributed by atoms with E-state index >= 15 is 0 Å². The van der Waals surface area contributed by atoms with E-state index in [2.05, 4.69) is 79.5 Å². The first kappa shape index (κ1) is 83.0. The monoisotopic (exact) mass is 1690 g/mol. The zero-order valence-corrected chi connectivity index (χ0v) is 70.7. The fraction of sp³-hybridized carbons (Fsp3) is 0.349. The number of hydrogen-bond donors (Lipinski definition) is 4. The number of nitrogens with two attached hydrogens (primary N) is 1.